The van der Waals surface area contributed by atoms with Crippen LogP contribution in [0.2, 0.25) is 0 Å². The van der Waals surface area contributed by atoms with Crippen LogP contribution in [0.15, 0.2) is 48.5 Å². The summed E-state index contributed by atoms with van der Waals surface area (Å²) >= 11 is 0. The van der Waals surface area contributed by atoms with Crippen LogP contribution < -0.4 is 20.3 Å². The Labute approximate surface area is 172 Å². The van der Waals surface area contributed by atoms with E-state index < -0.39 is 18.1 Å². The highest BCUT2D eigenvalue weighted by molar-refractivity contribution is 5.89. The first-order valence-electron chi connectivity index (χ1n) is 9.68. The molecule has 0 spiro atoms. The molecule has 3 N–H and O–H groups in total. The van der Waals surface area contributed by atoms with Gasteiger partial charge in [-0.2, -0.15) is 0 Å². The number of piperidine rings is 1. The fraction of sp³-hybridized carbons (Fsp3) is 0.381. The highest BCUT2D eigenvalue weighted by atomic mass is 19.4. The van der Waals surface area contributed by atoms with E-state index in [4.69, 9.17) is 0 Å². The molecular weight excluding hydrogens is 399 g/mol. The molecule has 162 valence electrons. The van der Waals surface area contributed by atoms with Gasteiger partial charge in [-0.1, -0.05) is 18.2 Å². The predicted octanol–water partition coefficient (Wildman–Crippen LogP) is 4.12. The van der Waals surface area contributed by atoms with Crippen molar-refractivity contribution in [1.82, 2.24) is 5.32 Å². The quantitative estimate of drug-likeness (QED) is 0.654. The van der Waals surface area contributed by atoms with Gasteiger partial charge in [0.25, 0.3) is 0 Å². The van der Waals surface area contributed by atoms with E-state index in [0.717, 1.165) is 49.3 Å². The molecule has 30 heavy (non-hydrogen) atoms. The van der Waals surface area contributed by atoms with Crippen LogP contribution in [0.3, 0.4) is 0 Å². The number of ether oxygens (including phenoxy) is 1. The van der Waals surface area contributed by atoms with Gasteiger partial charge in [0.1, 0.15) is 5.75 Å². The second-order valence-corrected chi connectivity index (χ2v) is 7.16. The number of carbonyl (C=O) groups is 1. The Morgan fingerprint density at radius 3 is 2.47 bits per heavy atom. The molecule has 2 aromatic carbocycles. The predicted molar refractivity (Wildman–Crippen MR) is 107 cm³/mol. The molecular formula is C21H24F3N3O3. The summed E-state index contributed by atoms with van der Waals surface area (Å²) in [7, 11) is 0. The summed E-state index contributed by atoms with van der Waals surface area (Å²) in [5.41, 5.74) is 2.19. The van der Waals surface area contributed by atoms with Crippen LogP contribution in [0.1, 0.15) is 18.4 Å². The first kappa shape index (κ1) is 21.8. The van der Waals surface area contributed by atoms with E-state index in [1.165, 1.54) is 12.1 Å². The number of hydrogen-bond donors (Lipinski definition) is 3. The van der Waals surface area contributed by atoms with Crippen molar-refractivity contribution in [2.75, 3.05) is 29.9 Å². The number of urea groups is 1. The summed E-state index contributed by atoms with van der Waals surface area (Å²) < 4.78 is 40.7. The van der Waals surface area contributed by atoms with Crippen molar-refractivity contribution in [3.05, 3.63) is 54.1 Å². The molecule has 1 aliphatic heterocycles. The van der Waals surface area contributed by atoms with Crippen molar-refractivity contribution < 1.29 is 27.8 Å². The van der Waals surface area contributed by atoms with Crippen molar-refractivity contribution >= 4 is 17.4 Å². The van der Waals surface area contributed by atoms with Crippen LogP contribution in [0.5, 0.6) is 5.75 Å². The van der Waals surface area contributed by atoms with Crippen LogP contribution in [0.25, 0.3) is 0 Å². The first-order chi connectivity index (χ1) is 14.3. The summed E-state index contributed by atoms with van der Waals surface area (Å²) in [6.45, 7) is 2.32. The maximum Gasteiger partial charge on any atom is 0.573 e. The van der Waals surface area contributed by atoms with Crippen LogP contribution in [-0.4, -0.2) is 37.2 Å². The highest BCUT2D eigenvalue weighted by Gasteiger charge is 2.31. The summed E-state index contributed by atoms with van der Waals surface area (Å²) in [6.07, 6.45) is -2.85. The molecule has 1 saturated heterocycles. The smallest absolute Gasteiger partial charge is 0.406 e. The molecule has 1 heterocycles. The zero-order valence-electron chi connectivity index (χ0n) is 16.3. The van der Waals surface area contributed by atoms with Crippen LogP contribution in [0, 0.1) is 5.92 Å². The lowest BCUT2D eigenvalue weighted by Gasteiger charge is -2.33. The van der Waals surface area contributed by atoms with Crippen molar-refractivity contribution in [3.63, 3.8) is 0 Å². The lowest BCUT2D eigenvalue weighted by Crippen LogP contribution is -2.34. The third-order valence-electron chi connectivity index (χ3n) is 4.95. The van der Waals surface area contributed by atoms with Crippen LogP contribution in [0.4, 0.5) is 29.3 Å². The number of anilines is 2. The van der Waals surface area contributed by atoms with Gasteiger partial charge in [-0.3, -0.25) is 0 Å². The Kier molecular flexibility index (Phi) is 7.04. The Morgan fingerprint density at radius 1 is 1.13 bits per heavy atom. The van der Waals surface area contributed by atoms with E-state index in [-0.39, 0.29) is 18.8 Å². The fourth-order valence-electron chi connectivity index (χ4n) is 3.33. The molecule has 0 saturated carbocycles. The normalized spacial score (nSPS) is 15.0. The average Bonchev–Trinajstić information content (AvgIpc) is 2.72. The van der Waals surface area contributed by atoms with Gasteiger partial charge in [0.05, 0.1) is 0 Å². The summed E-state index contributed by atoms with van der Waals surface area (Å²) in [4.78, 5) is 14.3. The number of carbonyl (C=O) groups excluding carboxylic acids is 1. The highest BCUT2D eigenvalue weighted by Crippen LogP contribution is 2.25. The molecule has 0 bridgehead atoms. The molecule has 9 heteroatoms. The van der Waals surface area contributed by atoms with Gasteiger partial charge in [0, 0.05) is 43.7 Å². The van der Waals surface area contributed by atoms with Gasteiger partial charge < -0.3 is 25.4 Å². The largest absolute Gasteiger partial charge is 0.573 e. The number of halogens is 3. The van der Waals surface area contributed by atoms with Crippen LogP contribution >= 0.6 is 0 Å². The number of rotatable bonds is 6. The lowest BCUT2D eigenvalue weighted by atomic mass is 9.97. The minimum Gasteiger partial charge on any atom is -0.406 e. The second-order valence-electron chi connectivity index (χ2n) is 7.16. The van der Waals surface area contributed by atoms with E-state index in [0.29, 0.717) is 5.92 Å². The fourth-order valence-corrected chi connectivity index (χ4v) is 3.33. The third kappa shape index (κ3) is 6.55. The maximum atomic E-state index is 12.3. The van der Waals surface area contributed by atoms with E-state index in [9.17, 15) is 23.1 Å². The topological polar surface area (TPSA) is 73.8 Å². The van der Waals surface area contributed by atoms with Gasteiger partial charge in [-0.05, 0) is 48.6 Å². The number of aliphatic hydroxyl groups excluding tert-OH is 1. The summed E-state index contributed by atoms with van der Waals surface area (Å²) in [5.74, 6) is -0.0251. The number of alkyl halides is 3. The number of nitrogens with zero attached hydrogens (tertiary/aromatic N) is 1. The zero-order valence-corrected chi connectivity index (χ0v) is 16.3. The standard InChI is InChI=1S/C21H24F3N3O3/c22-21(23,24)30-19-3-1-2-17(12-19)26-20(29)25-13-15-4-6-18(7-5-15)27-10-8-16(14-28)9-11-27/h1-7,12,16,28H,8-11,13-14H2,(H2,25,26,29). The molecule has 1 aliphatic rings. The third-order valence-corrected chi connectivity index (χ3v) is 4.95. The summed E-state index contributed by atoms with van der Waals surface area (Å²) in [6, 6.07) is 12.4. The maximum absolute atomic E-state index is 12.3. The van der Waals surface area contributed by atoms with E-state index >= 15 is 0 Å². The van der Waals surface area contributed by atoms with E-state index in [2.05, 4.69) is 20.3 Å². The van der Waals surface area contributed by atoms with E-state index in [1.807, 2.05) is 24.3 Å². The minimum absolute atomic E-state index is 0.191. The zero-order chi connectivity index (χ0) is 21.6. The number of hydrogen-bond acceptors (Lipinski definition) is 4. The van der Waals surface area contributed by atoms with Crippen molar-refractivity contribution in [1.29, 1.82) is 0 Å². The minimum atomic E-state index is -4.79. The number of aliphatic hydroxyl groups is 1. The Balaban J connectivity index is 1.47. The second kappa shape index (κ2) is 9.71. The molecule has 1 fully saturated rings. The van der Waals surface area contributed by atoms with Gasteiger partial charge in [-0.15, -0.1) is 13.2 Å². The van der Waals surface area contributed by atoms with Crippen molar-refractivity contribution in [2.24, 2.45) is 5.92 Å². The molecule has 0 radical (unpaired) electrons. The molecule has 3 rings (SSSR count). The molecule has 0 atom stereocenters. The molecule has 0 aromatic heterocycles. The molecule has 0 unspecified atom stereocenters. The monoisotopic (exact) mass is 423 g/mol. The molecule has 6 nitrogen and oxygen atoms in total. The summed E-state index contributed by atoms with van der Waals surface area (Å²) in [5, 5.41) is 14.4. The molecule has 2 amide bonds. The van der Waals surface area contributed by atoms with Gasteiger partial charge in [0.15, 0.2) is 0 Å². The van der Waals surface area contributed by atoms with E-state index in [1.54, 1.807) is 0 Å². The Bertz CT molecular complexity index is 835. The van der Waals surface area contributed by atoms with Gasteiger partial charge in [-0.25, -0.2) is 4.79 Å². The SMILES string of the molecule is O=C(NCc1ccc(N2CCC(CO)CC2)cc1)Nc1cccc(OC(F)(F)F)c1. The van der Waals surface area contributed by atoms with Crippen molar-refractivity contribution in [3.8, 4) is 5.75 Å². The number of nitrogens with one attached hydrogen (secondary N) is 2. The Morgan fingerprint density at radius 2 is 1.83 bits per heavy atom. The average molecular weight is 423 g/mol. The first-order valence-corrected chi connectivity index (χ1v) is 9.68. The number of benzene rings is 2. The van der Waals surface area contributed by atoms with Gasteiger partial charge >= 0.3 is 12.4 Å². The number of amides is 2. The van der Waals surface area contributed by atoms with Crippen LogP contribution in [-0.2, 0) is 6.54 Å². The molecule has 2 aromatic rings. The van der Waals surface area contributed by atoms with Crippen molar-refractivity contribution in [2.45, 2.75) is 25.7 Å². The molecule has 0 aliphatic carbocycles. The van der Waals surface area contributed by atoms with Gasteiger partial charge in [0.2, 0.25) is 0 Å². The lowest BCUT2D eigenvalue weighted by molar-refractivity contribution is -0.274. The Hall–Kier alpha value is -2.94.